The first-order valence-corrected chi connectivity index (χ1v) is 6.56. The minimum absolute atomic E-state index is 0.0361. The van der Waals surface area contributed by atoms with Crippen LogP contribution in [0.1, 0.15) is 20.7 Å². The van der Waals surface area contributed by atoms with E-state index in [-0.39, 0.29) is 27.6 Å². The maximum atomic E-state index is 13.2. The van der Waals surface area contributed by atoms with E-state index in [4.69, 9.17) is 11.6 Å². The van der Waals surface area contributed by atoms with Crippen LogP contribution in [0.4, 0.5) is 10.1 Å². The molecule has 2 aromatic carbocycles. The molecule has 0 aromatic heterocycles. The summed E-state index contributed by atoms with van der Waals surface area (Å²) in [5.41, 5.74) is 0.873. The Bertz CT molecular complexity index is 798. The van der Waals surface area contributed by atoms with Crippen molar-refractivity contribution < 1.29 is 14.0 Å². The molecule has 0 bridgehead atoms. The zero-order valence-electron chi connectivity index (χ0n) is 10.7. The van der Waals surface area contributed by atoms with Gasteiger partial charge >= 0.3 is 0 Å². The molecule has 0 saturated heterocycles. The lowest BCUT2D eigenvalue weighted by Gasteiger charge is -2.18. The number of nitrogens with one attached hydrogen (secondary N) is 1. The van der Waals surface area contributed by atoms with E-state index in [1.807, 2.05) is 0 Å². The molecular weight excluding hydrogens is 293 g/mol. The SMILES string of the molecule is O=C1C(Cl)=C(Nc2cccc(F)c2)C(=O)c2ccccc21. The zero-order valence-corrected chi connectivity index (χ0v) is 11.4. The standard InChI is InChI=1S/C16H9ClFNO2/c17-13-14(19-10-5-3-4-9(18)8-10)16(21)12-7-2-1-6-11(12)15(13)20/h1-8,19H. The second kappa shape index (κ2) is 5.14. The van der Waals surface area contributed by atoms with Crippen LogP contribution in [0.2, 0.25) is 0 Å². The summed E-state index contributed by atoms with van der Waals surface area (Å²) in [4.78, 5) is 24.6. The van der Waals surface area contributed by atoms with E-state index in [1.54, 1.807) is 30.3 Å². The molecular formula is C16H9ClFNO2. The van der Waals surface area contributed by atoms with Crippen molar-refractivity contribution in [3.8, 4) is 0 Å². The molecule has 1 N–H and O–H groups in total. The van der Waals surface area contributed by atoms with Crippen LogP contribution in [-0.4, -0.2) is 11.6 Å². The Labute approximate surface area is 125 Å². The minimum atomic E-state index is -0.452. The molecule has 0 fully saturated rings. The molecule has 21 heavy (non-hydrogen) atoms. The number of carbonyl (C=O) groups is 2. The molecule has 5 heteroatoms. The molecule has 0 heterocycles. The lowest BCUT2D eigenvalue weighted by molar-refractivity contribution is 0.0982. The van der Waals surface area contributed by atoms with Crippen molar-refractivity contribution in [1.29, 1.82) is 0 Å². The van der Waals surface area contributed by atoms with Gasteiger partial charge in [0.15, 0.2) is 0 Å². The summed E-state index contributed by atoms with van der Waals surface area (Å²) >= 11 is 6.00. The molecule has 0 radical (unpaired) electrons. The molecule has 0 saturated carbocycles. The van der Waals surface area contributed by atoms with Crippen LogP contribution >= 0.6 is 11.6 Å². The molecule has 0 unspecified atom stereocenters. The van der Waals surface area contributed by atoms with Crippen LogP contribution in [0.5, 0.6) is 0 Å². The van der Waals surface area contributed by atoms with Crippen molar-refractivity contribution in [2.24, 2.45) is 0 Å². The number of hydrogen-bond acceptors (Lipinski definition) is 3. The number of halogens is 2. The predicted octanol–water partition coefficient (Wildman–Crippen LogP) is 3.77. The van der Waals surface area contributed by atoms with Crippen LogP contribution in [0.25, 0.3) is 0 Å². The van der Waals surface area contributed by atoms with E-state index >= 15 is 0 Å². The van der Waals surface area contributed by atoms with Crippen molar-refractivity contribution in [3.05, 3.63) is 76.2 Å². The Kier molecular flexibility index (Phi) is 3.31. The number of ketones is 2. The molecule has 3 rings (SSSR count). The van der Waals surface area contributed by atoms with Crippen molar-refractivity contribution in [2.45, 2.75) is 0 Å². The summed E-state index contributed by atoms with van der Waals surface area (Å²) in [7, 11) is 0. The smallest absolute Gasteiger partial charge is 0.211 e. The Morgan fingerprint density at radius 3 is 2.24 bits per heavy atom. The van der Waals surface area contributed by atoms with Gasteiger partial charge in [-0.3, -0.25) is 9.59 Å². The van der Waals surface area contributed by atoms with Crippen LogP contribution in [0.15, 0.2) is 59.3 Å². The average Bonchev–Trinajstić information content (AvgIpc) is 2.49. The van der Waals surface area contributed by atoms with Crippen LogP contribution in [0.3, 0.4) is 0 Å². The third-order valence-electron chi connectivity index (χ3n) is 3.16. The van der Waals surface area contributed by atoms with Crippen LogP contribution < -0.4 is 5.32 Å². The monoisotopic (exact) mass is 301 g/mol. The molecule has 2 aromatic rings. The highest BCUT2D eigenvalue weighted by Crippen LogP contribution is 2.29. The van der Waals surface area contributed by atoms with Gasteiger partial charge in [0.25, 0.3) is 0 Å². The Morgan fingerprint density at radius 1 is 0.905 bits per heavy atom. The maximum Gasteiger partial charge on any atom is 0.211 e. The van der Waals surface area contributed by atoms with Crippen molar-refractivity contribution >= 4 is 28.9 Å². The predicted molar refractivity (Wildman–Crippen MR) is 78.0 cm³/mol. The quantitative estimate of drug-likeness (QED) is 0.918. The fraction of sp³-hybridized carbons (Fsp3) is 0. The topological polar surface area (TPSA) is 46.2 Å². The van der Waals surface area contributed by atoms with Crippen molar-refractivity contribution in [1.82, 2.24) is 0 Å². The summed E-state index contributed by atoms with van der Waals surface area (Å²) in [6.07, 6.45) is 0. The Balaban J connectivity index is 2.05. The summed E-state index contributed by atoms with van der Waals surface area (Å²) in [6, 6.07) is 12.0. The molecule has 1 aliphatic rings. The van der Waals surface area contributed by atoms with Crippen LogP contribution in [0, 0.1) is 5.82 Å². The van der Waals surface area contributed by atoms with Crippen LogP contribution in [-0.2, 0) is 0 Å². The first-order valence-electron chi connectivity index (χ1n) is 6.18. The first-order chi connectivity index (χ1) is 10.1. The summed E-state index contributed by atoms with van der Waals surface area (Å²) in [5.74, 6) is -1.27. The lowest BCUT2D eigenvalue weighted by atomic mass is 9.92. The number of benzene rings is 2. The fourth-order valence-corrected chi connectivity index (χ4v) is 2.40. The third kappa shape index (κ3) is 2.34. The van der Waals surface area contributed by atoms with Gasteiger partial charge in [-0.1, -0.05) is 41.9 Å². The number of Topliss-reactive ketones (excluding diaryl/α,β-unsaturated/α-hetero) is 2. The number of carbonyl (C=O) groups excluding carboxylic acids is 2. The molecule has 104 valence electrons. The fourth-order valence-electron chi connectivity index (χ4n) is 2.17. The van der Waals surface area contributed by atoms with E-state index in [1.165, 1.54) is 18.2 Å². The highest BCUT2D eigenvalue weighted by atomic mass is 35.5. The number of allylic oxidation sites excluding steroid dienone is 2. The van der Waals surface area contributed by atoms with Crippen molar-refractivity contribution in [2.75, 3.05) is 5.32 Å². The van der Waals surface area contributed by atoms with Gasteiger partial charge < -0.3 is 5.32 Å². The third-order valence-corrected chi connectivity index (χ3v) is 3.52. The second-order valence-corrected chi connectivity index (χ2v) is 4.91. The highest BCUT2D eigenvalue weighted by Gasteiger charge is 2.31. The van der Waals surface area contributed by atoms with E-state index in [0.29, 0.717) is 5.69 Å². The van der Waals surface area contributed by atoms with Gasteiger partial charge in [0.1, 0.15) is 16.5 Å². The molecule has 0 spiro atoms. The summed E-state index contributed by atoms with van der Waals surface area (Å²) < 4.78 is 13.2. The van der Waals surface area contributed by atoms with Gasteiger partial charge in [-0.2, -0.15) is 0 Å². The zero-order chi connectivity index (χ0) is 15.0. The van der Waals surface area contributed by atoms with E-state index in [2.05, 4.69) is 5.32 Å². The number of anilines is 1. The molecule has 0 atom stereocenters. The van der Waals surface area contributed by atoms with Gasteiger partial charge in [-0.05, 0) is 18.2 Å². The molecule has 0 aliphatic heterocycles. The molecule has 3 nitrogen and oxygen atoms in total. The lowest BCUT2D eigenvalue weighted by Crippen LogP contribution is -2.24. The van der Waals surface area contributed by atoms with E-state index in [9.17, 15) is 14.0 Å². The number of rotatable bonds is 2. The van der Waals surface area contributed by atoms with Gasteiger partial charge in [0.05, 0.1) is 0 Å². The number of hydrogen-bond donors (Lipinski definition) is 1. The highest BCUT2D eigenvalue weighted by molar-refractivity contribution is 6.50. The van der Waals surface area contributed by atoms with E-state index < -0.39 is 11.6 Å². The van der Waals surface area contributed by atoms with Gasteiger partial charge in [0.2, 0.25) is 11.6 Å². The maximum absolute atomic E-state index is 13.2. The minimum Gasteiger partial charge on any atom is -0.351 e. The first kappa shape index (κ1) is 13.5. The summed E-state index contributed by atoms with van der Waals surface area (Å²) in [5, 5.41) is 2.54. The second-order valence-electron chi connectivity index (χ2n) is 4.53. The van der Waals surface area contributed by atoms with Gasteiger partial charge in [-0.15, -0.1) is 0 Å². The normalized spacial score (nSPS) is 14.2. The van der Waals surface area contributed by atoms with Gasteiger partial charge in [0, 0.05) is 16.8 Å². The number of fused-ring (bicyclic) bond motifs is 1. The largest absolute Gasteiger partial charge is 0.351 e. The molecule has 0 amide bonds. The molecule has 1 aliphatic carbocycles. The average molecular weight is 302 g/mol. The van der Waals surface area contributed by atoms with Gasteiger partial charge in [-0.25, -0.2) is 4.39 Å². The van der Waals surface area contributed by atoms with E-state index in [0.717, 1.165) is 0 Å². The van der Waals surface area contributed by atoms with Crippen molar-refractivity contribution in [3.63, 3.8) is 0 Å². The Hall–Kier alpha value is -2.46. The summed E-state index contributed by atoms with van der Waals surface area (Å²) in [6.45, 7) is 0. The Morgan fingerprint density at radius 2 is 1.57 bits per heavy atom.